The molecule has 1 aliphatic heterocycles. The topological polar surface area (TPSA) is 35.6 Å². The number of likely N-dealkylation sites (N-methyl/N-ethyl adjacent to an activating group) is 1. The minimum absolute atomic E-state index is 0.0282. The van der Waals surface area contributed by atoms with Crippen LogP contribution in [-0.4, -0.2) is 44.0 Å². The van der Waals surface area contributed by atoms with Crippen LogP contribution in [0.1, 0.15) is 15.9 Å². The van der Waals surface area contributed by atoms with Crippen molar-refractivity contribution >= 4 is 34.2 Å². The molecule has 0 radical (unpaired) electrons. The smallest absolute Gasteiger partial charge is 0.251 e. The highest BCUT2D eigenvalue weighted by molar-refractivity contribution is 14.1. The van der Waals surface area contributed by atoms with Crippen LogP contribution >= 0.6 is 22.6 Å². The van der Waals surface area contributed by atoms with Gasteiger partial charge in [0.2, 0.25) is 0 Å². The van der Waals surface area contributed by atoms with Gasteiger partial charge in [0.1, 0.15) is 0 Å². The highest BCUT2D eigenvalue weighted by Gasteiger charge is 2.17. The van der Waals surface area contributed by atoms with Gasteiger partial charge in [-0.3, -0.25) is 4.79 Å². The average Bonchev–Trinajstić information content (AvgIpc) is 2.61. The van der Waals surface area contributed by atoms with Crippen molar-refractivity contribution in [3.8, 4) is 0 Å². The average molecular weight is 435 g/mol. The molecule has 1 N–H and O–H groups in total. The third-order valence-corrected chi connectivity index (χ3v) is 5.10. The fourth-order valence-corrected chi connectivity index (χ4v) is 3.25. The highest BCUT2D eigenvalue weighted by Crippen LogP contribution is 2.21. The number of anilines is 1. The van der Waals surface area contributed by atoms with Crippen molar-refractivity contribution in [1.82, 2.24) is 10.2 Å². The van der Waals surface area contributed by atoms with Crippen molar-refractivity contribution in [2.24, 2.45) is 0 Å². The summed E-state index contributed by atoms with van der Waals surface area (Å²) in [6, 6.07) is 16.0. The Kier molecular flexibility index (Phi) is 5.73. The molecule has 0 aromatic heterocycles. The van der Waals surface area contributed by atoms with Gasteiger partial charge in [-0.25, -0.2) is 0 Å². The highest BCUT2D eigenvalue weighted by atomic mass is 127. The molecule has 0 unspecified atom stereocenters. The lowest BCUT2D eigenvalue weighted by Crippen LogP contribution is -2.45. The molecule has 1 saturated heterocycles. The number of hydrogen-bond acceptors (Lipinski definition) is 3. The maximum Gasteiger partial charge on any atom is 0.251 e. The number of nitrogens with zero attached hydrogens (tertiary/aromatic N) is 2. The van der Waals surface area contributed by atoms with Gasteiger partial charge >= 0.3 is 0 Å². The van der Waals surface area contributed by atoms with Gasteiger partial charge < -0.3 is 15.1 Å². The summed E-state index contributed by atoms with van der Waals surface area (Å²) in [5.41, 5.74) is 3.10. The van der Waals surface area contributed by atoms with E-state index in [9.17, 15) is 4.79 Å². The first-order valence-electron chi connectivity index (χ1n) is 8.18. The van der Waals surface area contributed by atoms with E-state index in [1.807, 2.05) is 30.3 Å². The van der Waals surface area contributed by atoms with Crippen molar-refractivity contribution in [3.63, 3.8) is 0 Å². The number of piperazine rings is 1. The summed E-state index contributed by atoms with van der Waals surface area (Å²) in [5, 5.41) is 3.04. The Labute approximate surface area is 157 Å². The van der Waals surface area contributed by atoms with Gasteiger partial charge in [-0.15, -0.1) is 0 Å². The maximum absolute atomic E-state index is 12.3. The van der Waals surface area contributed by atoms with Crippen molar-refractivity contribution in [2.45, 2.75) is 6.54 Å². The molecule has 0 aliphatic carbocycles. The van der Waals surface area contributed by atoms with Crippen molar-refractivity contribution in [3.05, 3.63) is 63.2 Å². The number of benzene rings is 2. The Bertz CT molecular complexity index is 694. The van der Waals surface area contributed by atoms with Gasteiger partial charge in [0.15, 0.2) is 0 Å². The maximum atomic E-state index is 12.3. The zero-order valence-electron chi connectivity index (χ0n) is 13.8. The molecule has 4 nitrogen and oxygen atoms in total. The molecule has 2 aromatic rings. The van der Waals surface area contributed by atoms with Crippen LogP contribution in [0.3, 0.4) is 0 Å². The van der Waals surface area contributed by atoms with Crippen LogP contribution in [0.4, 0.5) is 5.69 Å². The normalized spacial score (nSPS) is 15.3. The Morgan fingerprint density at radius 3 is 2.42 bits per heavy atom. The number of nitrogens with one attached hydrogen (secondary N) is 1. The Morgan fingerprint density at radius 2 is 1.71 bits per heavy atom. The SMILES string of the molecule is CN1CCN(c2ccccc2CNC(=O)c2ccc(I)cc2)CC1. The number of para-hydroxylation sites is 1. The largest absolute Gasteiger partial charge is 0.369 e. The number of amides is 1. The number of halogens is 1. The summed E-state index contributed by atoms with van der Waals surface area (Å²) in [6.45, 7) is 4.75. The number of rotatable bonds is 4. The first kappa shape index (κ1) is 17.2. The second kappa shape index (κ2) is 7.98. The van der Waals surface area contributed by atoms with Gasteiger partial charge in [-0.2, -0.15) is 0 Å². The Morgan fingerprint density at radius 1 is 1.04 bits per heavy atom. The summed E-state index contributed by atoms with van der Waals surface area (Å²) in [5.74, 6) is -0.0282. The molecule has 2 aromatic carbocycles. The number of hydrogen-bond donors (Lipinski definition) is 1. The van der Waals surface area contributed by atoms with E-state index in [1.54, 1.807) is 0 Å². The minimum atomic E-state index is -0.0282. The lowest BCUT2D eigenvalue weighted by atomic mass is 10.1. The van der Waals surface area contributed by atoms with Crippen LogP contribution in [0.5, 0.6) is 0 Å². The zero-order chi connectivity index (χ0) is 16.9. The minimum Gasteiger partial charge on any atom is -0.369 e. The summed E-state index contributed by atoms with van der Waals surface area (Å²) in [4.78, 5) is 17.1. The second-order valence-corrected chi connectivity index (χ2v) is 7.35. The third kappa shape index (κ3) is 4.27. The fraction of sp³-hybridized carbons (Fsp3) is 0.316. The summed E-state index contributed by atoms with van der Waals surface area (Å²) in [7, 11) is 2.16. The van der Waals surface area contributed by atoms with E-state index in [4.69, 9.17) is 0 Å². The van der Waals surface area contributed by atoms with Crippen LogP contribution in [0, 0.1) is 3.57 Å². The molecular weight excluding hydrogens is 413 g/mol. The molecule has 24 heavy (non-hydrogen) atoms. The lowest BCUT2D eigenvalue weighted by Gasteiger charge is -2.35. The van der Waals surface area contributed by atoms with Crippen LogP contribution in [0.15, 0.2) is 48.5 Å². The van der Waals surface area contributed by atoms with E-state index in [2.05, 4.69) is 63.0 Å². The van der Waals surface area contributed by atoms with Gasteiger partial charge in [0, 0.05) is 47.5 Å². The van der Waals surface area contributed by atoms with Gasteiger partial charge in [-0.1, -0.05) is 18.2 Å². The van der Waals surface area contributed by atoms with Gasteiger partial charge in [0.25, 0.3) is 5.91 Å². The van der Waals surface area contributed by atoms with E-state index in [0.29, 0.717) is 12.1 Å². The molecule has 0 bridgehead atoms. The van der Waals surface area contributed by atoms with Gasteiger partial charge in [0.05, 0.1) is 0 Å². The number of carbonyl (C=O) groups excluding carboxylic acids is 1. The summed E-state index contributed by atoms with van der Waals surface area (Å²) < 4.78 is 1.13. The van der Waals surface area contributed by atoms with E-state index in [0.717, 1.165) is 29.7 Å². The summed E-state index contributed by atoms with van der Waals surface area (Å²) >= 11 is 2.24. The van der Waals surface area contributed by atoms with E-state index in [1.165, 1.54) is 11.3 Å². The second-order valence-electron chi connectivity index (χ2n) is 6.11. The van der Waals surface area contributed by atoms with Crippen LogP contribution in [0.25, 0.3) is 0 Å². The van der Waals surface area contributed by atoms with Gasteiger partial charge in [-0.05, 0) is 65.5 Å². The predicted octanol–water partition coefficient (Wildman–Crippen LogP) is 2.97. The molecule has 0 atom stereocenters. The lowest BCUT2D eigenvalue weighted by molar-refractivity contribution is 0.0951. The van der Waals surface area contributed by atoms with E-state index >= 15 is 0 Å². The van der Waals surface area contributed by atoms with E-state index < -0.39 is 0 Å². The van der Waals surface area contributed by atoms with Crippen LogP contribution in [0.2, 0.25) is 0 Å². The standard InChI is InChI=1S/C19H22IN3O/c1-22-10-12-23(13-11-22)18-5-3-2-4-16(18)14-21-19(24)15-6-8-17(20)9-7-15/h2-9H,10-14H2,1H3,(H,21,24). The molecule has 1 aliphatic rings. The fourth-order valence-electron chi connectivity index (χ4n) is 2.89. The van der Waals surface area contributed by atoms with Crippen molar-refractivity contribution in [2.75, 3.05) is 38.1 Å². The Hall–Kier alpha value is -1.60. The Balaban J connectivity index is 1.67. The summed E-state index contributed by atoms with van der Waals surface area (Å²) in [6.07, 6.45) is 0. The predicted molar refractivity (Wildman–Crippen MR) is 106 cm³/mol. The molecule has 0 spiro atoms. The van der Waals surface area contributed by atoms with Crippen molar-refractivity contribution in [1.29, 1.82) is 0 Å². The molecule has 1 fully saturated rings. The van der Waals surface area contributed by atoms with Crippen LogP contribution in [-0.2, 0) is 6.54 Å². The third-order valence-electron chi connectivity index (χ3n) is 4.38. The molecule has 3 rings (SSSR count). The van der Waals surface area contributed by atoms with Crippen LogP contribution < -0.4 is 10.2 Å². The first-order valence-corrected chi connectivity index (χ1v) is 9.26. The zero-order valence-corrected chi connectivity index (χ0v) is 16.0. The molecule has 126 valence electrons. The van der Waals surface area contributed by atoms with Crippen molar-refractivity contribution < 1.29 is 4.79 Å². The van der Waals surface area contributed by atoms with E-state index in [-0.39, 0.29) is 5.91 Å². The molecule has 1 amide bonds. The monoisotopic (exact) mass is 435 g/mol. The first-order chi connectivity index (χ1) is 11.6. The molecule has 1 heterocycles. The number of carbonyl (C=O) groups is 1. The molecule has 5 heteroatoms. The molecule has 0 saturated carbocycles. The molecular formula is C19H22IN3O. The quantitative estimate of drug-likeness (QED) is 0.751.